The van der Waals surface area contributed by atoms with E-state index in [-0.39, 0.29) is 23.7 Å². The molecule has 7 heteroatoms. The van der Waals surface area contributed by atoms with Gasteiger partial charge in [-0.05, 0) is 44.1 Å². The number of amides is 2. The predicted octanol–water partition coefficient (Wildman–Crippen LogP) is 2.09. The van der Waals surface area contributed by atoms with Gasteiger partial charge in [0.15, 0.2) is 0 Å². The quantitative estimate of drug-likeness (QED) is 0.809. The summed E-state index contributed by atoms with van der Waals surface area (Å²) in [5.74, 6) is 1.90. The Kier molecular flexibility index (Phi) is 7.23. The van der Waals surface area contributed by atoms with Crippen molar-refractivity contribution in [2.75, 3.05) is 37.6 Å². The van der Waals surface area contributed by atoms with Crippen LogP contribution < -0.4 is 10.2 Å². The average molecular weight is 388 g/mol. The highest BCUT2D eigenvalue weighted by molar-refractivity contribution is 5.81. The van der Waals surface area contributed by atoms with Gasteiger partial charge >= 0.3 is 0 Å². The maximum Gasteiger partial charge on any atom is 0.225 e. The second-order valence-corrected chi connectivity index (χ2v) is 8.38. The number of nitrogens with one attached hydrogen (secondary N) is 1. The molecule has 1 saturated heterocycles. The molecule has 3 rings (SSSR count). The smallest absolute Gasteiger partial charge is 0.225 e. The van der Waals surface area contributed by atoms with E-state index in [1.807, 2.05) is 11.0 Å². The SMILES string of the molecule is CC(C)CCNC(=O)C1CCC(C(=O)N2CCN(c3ncccn3)CC2)CC1. The lowest BCUT2D eigenvalue weighted by Gasteiger charge is -2.37. The van der Waals surface area contributed by atoms with Crippen LogP contribution in [0.15, 0.2) is 18.5 Å². The molecular formula is C21H33N5O2. The average Bonchev–Trinajstić information content (AvgIpc) is 2.74. The van der Waals surface area contributed by atoms with Crippen LogP contribution in [0.3, 0.4) is 0 Å². The standard InChI is InChI=1S/C21H33N5O2/c1-16(2)8-11-22-19(27)17-4-6-18(7-5-17)20(28)25-12-14-26(15-13-25)21-23-9-3-10-24-21/h3,9-10,16-18H,4-8,11-15H2,1-2H3,(H,22,27). The van der Waals surface area contributed by atoms with E-state index >= 15 is 0 Å². The number of piperazine rings is 1. The number of hydrogen-bond acceptors (Lipinski definition) is 5. The van der Waals surface area contributed by atoms with Crippen molar-refractivity contribution in [2.24, 2.45) is 17.8 Å². The monoisotopic (exact) mass is 387 g/mol. The molecule has 1 N–H and O–H groups in total. The minimum atomic E-state index is 0.0687. The molecule has 2 amide bonds. The second kappa shape index (κ2) is 9.85. The maximum atomic E-state index is 12.9. The summed E-state index contributed by atoms with van der Waals surface area (Å²) in [7, 11) is 0. The highest BCUT2D eigenvalue weighted by Gasteiger charge is 2.33. The van der Waals surface area contributed by atoms with Gasteiger partial charge in [-0.25, -0.2) is 9.97 Å². The summed E-state index contributed by atoms with van der Waals surface area (Å²) in [5, 5.41) is 3.06. The number of hydrogen-bond donors (Lipinski definition) is 1. The van der Waals surface area contributed by atoms with Crippen LogP contribution in [-0.2, 0) is 9.59 Å². The van der Waals surface area contributed by atoms with Gasteiger partial charge in [-0.15, -0.1) is 0 Å². The topological polar surface area (TPSA) is 78.4 Å². The van der Waals surface area contributed by atoms with Crippen LogP contribution in [0.1, 0.15) is 46.0 Å². The fourth-order valence-corrected chi connectivity index (χ4v) is 4.07. The molecule has 0 atom stereocenters. The number of carbonyl (C=O) groups excluding carboxylic acids is 2. The Balaban J connectivity index is 1.40. The fourth-order valence-electron chi connectivity index (χ4n) is 4.07. The predicted molar refractivity (Wildman–Crippen MR) is 109 cm³/mol. The first kappa shape index (κ1) is 20.6. The third-order valence-electron chi connectivity index (χ3n) is 5.89. The van der Waals surface area contributed by atoms with E-state index in [4.69, 9.17) is 0 Å². The minimum absolute atomic E-state index is 0.0687. The van der Waals surface area contributed by atoms with Gasteiger partial charge in [-0.2, -0.15) is 0 Å². The number of nitrogens with zero attached hydrogens (tertiary/aromatic N) is 4. The van der Waals surface area contributed by atoms with Gasteiger partial charge in [-0.1, -0.05) is 13.8 Å². The van der Waals surface area contributed by atoms with Gasteiger partial charge in [-0.3, -0.25) is 9.59 Å². The van der Waals surface area contributed by atoms with Crippen molar-refractivity contribution >= 4 is 17.8 Å². The Morgan fingerprint density at radius 1 is 1.04 bits per heavy atom. The lowest BCUT2D eigenvalue weighted by atomic mass is 9.80. The zero-order chi connectivity index (χ0) is 19.9. The lowest BCUT2D eigenvalue weighted by Crippen LogP contribution is -2.51. The lowest BCUT2D eigenvalue weighted by molar-refractivity contribution is -0.138. The van der Waals surface area contributed by atoms with Crippen molar-refractivity contribution in [3.05, 3.63) is 18.5 Å². The Labute approximate surface area is 167 Å². The van der Waals surface area contributed by atoms with Gasteiger partial charge < -0.3 is 15.1 Å². The van der Waals surface area contributed by atoms with Crippen LogP contribution in [-0.4, -0.2) is 59.4 Å². The third kappa shape index (κ3) is 5.42. The van der Waals surface area contributed by atoms with Crippen LogP contribution in [0.2, 0.25) is 0 Å². The van der Waals surface area contributed by atoms with E-state index in [0.717, 1.165) is 57.7 Å². The van der Waals surface area contributed by atoms with Crippen LogP contribution in [0.25, 0.3) is 0 Å². The molecule has 154 valence electrons. The first-order valence-corrected chi connectivity index (χ1v) is 10.6. The van der Waals surface area contributed by atoms with E-state index in [0.29, 0.717) is 19.0 Å². The Bertz CT molecular complexity index is 635. The number of aromatic nitrogens is 2. The van der Waals surface area contributed by atoms with E-state index in [2.05, 4.69) is 34.0 Å². The molecule has 0 spiro atoms. The van der Waals surface area contributed by atoms with Crippen LogP contribution in [0, 0.1) is 17.8 Å². The molecule has 2 heterocycles. The molecular weight excluding hydrogens is 354 g/mol. The Morgan fingerprint density at radius 3 is 2.25 bits per heavy atom. The fraction of sp³-hybridized carbons (Fsp3) is 0.714. The summed E-state index contributed by atoms with van der Waals surface area (Å²) in [4.78, 5) is 37.9. The summed E-state index contributed by atoms with van der Waals surface area (Å²) < 4.78 is 0. The van der Waals surface area contributed by atoms with E-state index in [1.54, 1.807) is 12.4 Å². The normalized spacial score (nSPS) is 23.0. The molecule has 2 aliphatic rings. The highest BCUT2D eigenvalue weighted by Crippen LogP contribution is 2.30. The molecule has 7 nitrogen and oxygen atoms in total. The summed E-state index contributed by atoms with van der Waals surface area (Å²) in [6.45, 7) is 8.04. The maximum absolute atomic E-state index is 12.9. The Hall–Kier alpha value is -2.18. The van der Waals surface area contributed by atoms with Crippen molar-refractivity contribution in [2.45, 2.75) is 46.0 Å². The van der Waals surface area contributed by atoms with Crippen molar-refractivity contribution in [1.82, 2.24) is 20.2 Å². The van der Waals surface area contributed by atoms with E-state index < -0.39 is 0 Å². The molecule has 1 aliphatic carbocycles. The molecule has 2 fully saturated rings. The van der Waals surface area contributed by atoms with E-state index in [9.17, 15) is 9.59 Å². The van der Waals surface area contributed by atoms with Crippen LogP contribution >= 0.6 is 0 Å². The number of carbonyl (C=O) groups is 2. The first-order chi connectivity index (χ1) is 13.5. The van der Waals surface area contributed by atoms with Crippen LogP contribution in [0.5, 0.6) is 0 Å². The zero-order valence-corrected chi connectivity index (χ0v) is 17.1. The first-order valence-electron chi connectivity index (χ1n) is 10.6. The molecule has 1 aromatic heterocycles. The van der Waals surface area contributed by atoms with Gasteiger partial charge in [0, 0.05) is 57.0 Å². The number of rotatable bonds is 6. The van der Waals surface area contributed by atoms with Crippen LogP contribution in [0.4, 0.5) is 5.95 Å². The van der Waals surface area contributed by atoms with Gasteiger partial charge in [0.05, 0.1) is 0 Å². The van der Waals surface area contributed by atoms with Crippen molar-refractivity contribution < 1.29 is 9.59 Å². The molecule has 0 unspecified atom stereocenters. The summed E-state index contributed by atoms with van der Waals surface area (Å²) in [5.41, 5.74) is 0. The molecule has 1 aromatic rings. The highest BCUT2D eigenvalue weighted by atomic mass is 16.2. The molecule has 0 radical (unpaired) electrons. The molecule has 1 saturated carbocycles. The molecule has 28 heavy (non-hydrogen) atoms. The third-order valence-corrected chi connectivity index (χ3v) is 5.89. The van der Waals surface area contributed by atoms with Gasteiger partial charge in [0.2, 0.25) is 17.8 Å². The van der Waals surface area contributed by atoms with E-state index in [1.165, 1.54) is 0 Å². The largest absolute Gasteiger partial charge is 0.356 e. The van der Waals surface area contributed by atoms with Crippen molar-refractivity contribution in [3.8, 4) is 0 Å². The van der Waals surface area contributed by atoms with Gasteiger partial charge in [0.1, 0.15) is 0 Å². The summed E-state index contributed by atoms with van der Waals surface area (Å²) in [6.07, 6.45) is 7.80. The van der Waals surface area contributed by atoms with Gasteiger partial charge in [0.25, 0.3) is 0 Å². The molecule has 0 bridgehead atoms. The summed E-state index contributed by atoms with van der Waals surface area (Å²) >= 11 is 0. The molecule has 0 aromatic carbocycles. The summed E-state index contributed by atoms with van der Waals surface area (Å²) in [6, 6.07) is 1.81. The minimum Gasteiger partial charge on any atom is -0.356 e. The number of anilines is 1. The van der Waals surface area contributed by atoms with Crippen molar-refractivity contribution in [1.29, 1.82) is 0 Å². The zero-order valence-electron chi connectivity index (χ0n) is 17.1. The molecule has 1 aliphatic heterocycles. The van der Waals surface area contributed by atoms with Crippen molar-refractivity contribution in [3.63, 3.8) is 0 Å². The Morgan fingerprint density at radius 2 is 1.64 bits per heavy atom. The second-order valence-electron chi connectivity index (χ2n) is 8.38.